The van der Waals surface area contributed by atoms with Gasteiger partial charge in [0, 0.05) is 19.3 Å². The van der Waals surface area contributed by atoms with Gasteiger partial charge in [-0.1, -0.05) is 30.7 Å². The highest BCUT2D eigenvalue weighted by Gasteiger charge is 2.33. The summed E-state index contributed by atoms with van der Waals surface area (Å²) in [5.74, 6) is 1.13. The van der Waals surface area contributed by atoms with Gasteiger partial charge in [-0.2, -0.15) is 10.2 Å². The summed E-state index contributed by atoms with van der Waals surface area (Å²) in [6.45, 7) is 5.55. The van der Waals surface area contributed by atoms with Crippen LogP contribution in [0, 0.1) is 12.8 Å². The number of nitrogens with zero attached hydrogens (tertiary/aromatic N) is 5. The van der Waals surface area contributed by atoms with Crippen molar-refractivity contribution < 1.29 is 4.79 Å². The third kappa shape index (κ3) is 4.16. The van der Waals surface area contributed by atoms with Gasteiger partial charge in [0.15, 0.2) is 0 Å². The van der Waals surface area contributed by atoms with Gasteiger partial charge in [-0.25, -0.2) is 4.98 Å². The first-order chi connectivity index (χ1) is 14.5. The van der Waals surface area contributed by atoms with E-state index < -0.39 is 0 Å². The number of carbonyl (C=O) groups excluding carboxylic acids is 1. The first kappa shape index (κ1) is 20.3. The molecule has 1 aromatic carbocycles. The normalized spacial score (nSPS) is 19.0. The second kappa shape index (κ2) is 8.83. The van der Waals surface area contributed by atoms with Crippen LogP contribution in [0.25, 0.3) is 5.69 Å². The first-order valence-corrected chi connectivity index (χ1v) is 10.5. The molecule has 3 aromatic rings. The number of likely N-dealkylation sites (tertiary alicyclic amines) is 1. The fraction of sp³-hybridized carbons (Fsp3) is 0.364. The summed E-state index contributed by atoms with van der Waals surface area (Å²) in [5.41, 5.74) is 2.13. The van der Waals surface area contributed by atoms with Crippen molar-refractivity contribution in [2.75, 3.05) is 18.4 Å². The minimum atomic E-state index is -0.0555. The summed E-state index contributed by atoms with van der Waals surface area (Å²) in [6.07, 6.45) is 7.04. The van der Waals surface area contributed by atoms with Crippen molar-refractivity contribution in [2.45, 2.75) is 32.7 Å². The zero-order valence-electron chi connectivity index (χ0n) is 17.1. The molecule has 1 aliphatic heterocycles. The highest BCUT2D eigenvalue weighted by molar-refractivity contribution is 6.33. The molecule has 1 saturated heterocycles. The van der Waals surface area contributed by atoms with Gasteiger partial charge in [0.05, 0.1) is 29.0 Å². The Morgan fingerprint density at radius 2 is 2.03 bits per heavy atom. The maximum atomic E-state index is 13.6. The van der Waals surface area contributed by atoms with Crippen molar-refractivity contribution in [1.82, 2.24) is 24.9 Å². The third-order valence-electron chi connectivity index (χ3n) is 5.62. The first-order valence-electron chi connectivity index (χ1n) is 10.2. The molecular formula is C22H25ClN6O. The van der Waals surface area contributed by atoms with Gasteiger partial charge in [0.25, 0.3) is 5.91 Å². The van der Waals surface area contributed by atoms with Gasteiger partial charge in [0.2, 0.25) is 0 Å². The quantitative estimate of drug-likeness (QED) is 0.670. The molecule has 156 valence electrons. The summed E-state index contributed by atoms with van der Waals surface area (Å²) in [7, 11) is 0. The highest BCUT2D eigenvalue weighted by atomic mass is 35.5. The van der Waals surface area contributed by atoms with E-state index in [-0.39, 0.29) is 11.9 Å². The van der Waals surface area contributed by atoms with E-state index in [0.29, 0.717) is 35.3 Å². The Morgan fingerprint density at radius 3 is 2.77 bits per heavy atom. The molecule has 0 radical (unpaired) electrons. The van der Waals surface area contributed by atoms with E-state index in [1.165, 1.54) is 4.80 Å². The van der Waals surface area contributed by atoms with Crippen molar-refractivity contribution in [2.24, 2.45) is 5.92 Å². The number of carbonyl (C=O) groups is 1. The van der Waals surface area contributed by atoms with E-state index in [2.05, 4.69) is 27.4 Å². The van der Waals surface area contributed by atoms with Crippen LogP contribution in [-0.4, -0.2) is 49.9 Å². The van der Waals surface area contributed by atoms with E-state index in [1.807, 2.05) is 30.2 Å². The maximum Gasteiger partial charge on any atom is 0.256 e. The van der Waals surface area contributed by atoms with E-state index in [4.69, 9.17) is 11.6 Å². The van der Waals surface area contributed by atoms with E-state index in [9.17, 15) is 4.79 Å². The molecule has 7 nitrogen and oxygen atoms in total. The number of hydrogen-bond acceptors (Lipinski definition) is 5. The highest BCUT2D eigenvalue weighted by Crippen LogP contribution is 2.29. The number of para-hydroxylation sites is 1. The summed E-state index contributed by atoms with van der Waals surface area (Å²) in [6, 6.07) is 9.37. The van der Waals surface area contributed by atoms with Crippen molar-refractivity contribution in [3.63, 3.8) is 0 Å². The number of aryl methyl sites for hydroxylation is 1. The maximum absolute atomic E-state index is 13.6. The predicted molar refractivity (Wildman–Crippen MR) is 117 cm³/mol. The summed E-state index contributed by atoms with van der Waals surface area (Å²) in [5, 5.41) is 12.2. The van der Waals surface area contributed by atoms with Crippen molar-refractivity contribution in [1.29, 1.82) is 0 Å². The number of aromatic nitrogens is 4. The van der Waals surface area contributed by atoms with Crippen LogP contribution in [-0.2, 0) is 0 Å². The second-order valence-corrected chi connectivity index (χ2v) is 8.15. The Kier molecular flexibility index (Phi) is 5.99. The van der Waals surface area contributed by atoms with Gasteiger partial charge in [-0.05, 0) is 49.4 Å². The van der Waals surface area contributed by atoms with Gasteiger partial charge < -0.3 is 10.2 Å². The number of halogens is 1. The standard InChI is InChI=1S/C22H25ClN6O/c1-15-8-9-20(24-13-15)25-14-19-16(2)5-4-12-28(19)22(30)17-6-3-7-18(23)21(17)29-26-10-11-27-29/h3,6-11,13,16,19H,4-5,12,14H2,1-2H3,(H,24,25)/t16-,19-/m1/s1. The summed E-state index contributed by atoms with van der Waals surface area (Å²) < 4.78 is 0. The Morgan fingerprint density at radius 1 is 1.23 bits per heavy atom. The van der Waals surface area contributed by atoms with E-state index >= 15 is 0 Å². The number of benzene rings is 1. The van der Waals surface area contributed by atoms with Crippen LogP contribution < -0.4 is 5.32 Å². The molecule has 1 amide bonds. The molecule has 2 atom stereocenters. The zero-order valence-corrected chi connectivity index (χ0v) is 17.9. The average Bonchev–Trinajstić information content (AvgIpc) is 3.27. The van der Waals surface area contributed by atoms with Crippen LogP contribution in [0.15, 0.2) is 48.9 Å². The molecule has 2 aromatic heterocycles. The fourth-order valence-electron chi connectivity index (χ4n) is 3.97. The number of pyridine rings is 1. The minimum Gasteiger partial charge on any atom is -0.368 e. The number of rotatable bonds is 5. The largest absolute Gasteiger partial charge is 0.368 e. The van der Waals surface area contributed by atoms with Crippen LogP contribution >= 0.6 is 11.6 Å². The van der Waals surface area contributed by atoms with Crippen LogP contribution in [0.4, 0.5) is 5.82 Å². The number of piperidine rings is 1. The lowest BCUT2D eigenvalue weighted by Crippen LogP contribution is -2.51. The lowest BCUT2D eigenvalue weighted by atomic mass is 9.90. The number of nitrogens with one attached hydrogen (secondary N) is 1. The Hall–Kier alpha value is -2.93. The molecule has 0 spiro atoms. The molecule has 1 N–H and O–H groups in total. The smallest absolute Gasteiger partial charge is 0.256 e. The van der Waals surface area contributed by atoms with Gasteiger partial charge in [-0.3, -0.25) is 4.79 Å². The van der Waals surface area contributed by atoms with Crippen LogP contribution in [0.2, 0.25) is 5.02 Å². The number of hydrogen-bond donors (Lipinski definition) is 1. The van der Waals surface area contributed by atoms with Gasteiger partial charge >= 0.3 is 0 Å². The van der Waals surface area contributed by atoms with Gasteiger partial charge in [-0.15, -0.1) is 4.80 Å². The molecule has 0 unspecified atom stereocenters. The molecule has 30 heavy (non-hydrogen) atoms. The van der Waals surface area contributed by atoms with Crippen LogP contribution in [0.5, 0.6) is 0 Å². The molecule has 1 fully saturated rings. The molecule has 4 rings (SSSR count). The lowest BCUT2D eigenvalue weighted by Gasteiger charge is -2.40. The molecule has 8 heteroatoms. The Balaban J connectivity index is 1.60. The fourth-order valence-corrected chi connectivity index (χ4v) is 4.22. The second-order valence-electron chi connectivity index (χ2n) is 7.74. The third-order valence-corrected chi connectivity index (χ3v) is 5.92. The van der Waals surface area contributed by atoms with Crippen LogP contribution in [0.1, 0.15) is 35.7 Å². The average molecular weight is 425 g/mol. The summed E-state index contributed by atoms with van der Waals surface area (Å²) >= 11 is 6.43. The SMILES string of the molecule is Cc1ccc(NC[C@@H]2[C@H](C)CCCN2C(=O)c2cccc(Cl)c2-n2nccn2)nc1. The predicted octanol–water partition coefficient (Wildman–Crippen LogP) is 3.98. The molecule has 1 aliphatic rings. The lowest BCUT2D eigenvalue weighted by molar-refractivity contribution is 0.0539. The zero-order chi connectivity index (χ0) is 21.1. The molecule has 0 bridgehead atoms. The molecule has 3 heterocycles. The molecule has 0 saturated carbocycles. The topological polar surface area (TPSA) is 75.9 Å². The van der Waals surface area contributed by atoms with E-state index in [0.717, 1.165) is 24.2 Å². The molecular weight excluding hydrogens is 400 g/mol. The van der Waals surface area contributed by atoms with Crippen molar-refractivity contribution >= 4 is 23.3 Å². The van der Waals surface area contributed by atoms with Gasteiger partial charge in [0.1, 0.15) is 11.5 Å². The number of amides is 1. The Labute approximate surface area is 181 Å². The minimum absolute atomic E-state index is 0.0479. The monoisotopic (exact) mass is 424 g/mol. The van der Waals surface area contributed by atoms with Crippen molar-refractivity contribution in [3.8, 4) is 5.69 Å². The van der Waals surface area contributed by atoms with E-state index in [1.54, 1.807) is 30.6 Å². The molecule has 0 aliphatic carbocycles. The number of anilines is 1. The van der Waals surface area contributed by atoms with Crippen LogP contribution in [0.3, 0.4) is 0 Å². The van der Waals surface area contributed by atoms with Crippen molar-refractivity contribution in [3.05, 3.63) is 65.1 Å². The summed E-state index contributed by atoms with van der Waals surface area (Å²) in [4.78, 5) is 21.4. The Bertz CT molecular complexity index is 1000.